The monoisotopic (exact) mass is 348 g/mol. The number of hydrogen-bond donors (Lipinski definition) is 0. The van der Waals surface area contributed by atoms with Gasteiger partial charge < -0.3 is 14.2 Å². The second-order valence-corrected chi connectivity index (χ2v) is 6.57. The van der Waals surface area contributed by atoms with E-state index in [1.54, 1.807) is 18.1 Å². The number of amides is 2. The minimum absolute atomic E-state index is 0.0491. The summed E-state index contributed by atoms with van der Waals surface area (Å²) in [6.07, 6.45) is 2.35. The van der Waals surface area contributed by atoms with Crippen molar-refractivity contribution in [2.45, 2.75) is 19.4 Å². The average Bonchev–Trinajstić information content (AvgIpc) is 3.26. The van der Waals surface area contributed by atoms with E-state index >= 15 is 0 Å². The highest BCUT2D eigenvalue weighted by Gasteiger charge is 2.37. The lowest BCUT2D eigenvalue weighted by molar-refractivity contribution is -0.120. The van der Waals surface area contributed by atoms with Crippen LogP contribution in [0.1, 0.15) is 22.6 Å². The summed E-state index contributed by atoms with van der Waals surface area (Å²) < 4.78 is 1.88. The molecule has 0 bridgehead atoms. The van der Waals surface area contributed by atoms with Crippen LogP contribution in [0.15, 0.2) is 54.7 Å². The molecule has 2 amide bonds. The van der Waals surface area contributed by atoms with E-state index in [-0.39, 0.29) is 11.8 Å². The Labute approximate surface area is 151 Å². The Kier molecular flexibility index (Phi) is 3.95. The van der Waals surface area contributed by atoms with Crippen LogP contribution < -0.4 is 4.90 Å². The largest absolute Gasteiger partial charge is 0.328 e. The van der Waals surface area contributed by atoms with Gasteiger partial charge in [0, 0.05) is 31.2 Å². The van der Waals surface area contributed by atoms with E-state index in [0.29, 0.717) is 18.7 Å². The number of benzene rings is 1. The molecule has 0 spiro atoms. The molecule has 1 aliphatic heterocycles. The molecular formula is C20H20N4O2. The van der Waals surface area contributed by atoms with Gasteiger partial charge in [-0.3, -0.25) is 9.59 Å². The van der Waals surface area contributed by atoms with Crippen LogP contribution in [0.5, 0.6) is 0 Å². The lowest BCUT2D eigenvalue weighted by Crippen LogP contribution is -2.43. The number of carbonyl (C=O) groups excluding carboxylic acids is 2. The quantitative estimate of drug-likeness (QED) is 0.731. The number of anilines is 1. The SMILES string of the molecule is Cc1cccc2nc(C(=O)N(C)[C@H]3CCN(c4ccccc4)C3=O)cn12. The minimum Gasteiger partial charge on any atom is -0.328 e. The molecule has 26 heavy (non-hydrogen) atoms. The maximum atomic E-state index is 12.9. The van der Waals surface area contributed by atoms with Crippen molar-refractivity contribution in [2.75, 3.05) is 18.5 Å². The van der Waals surface area contributed by atoms with Crippen LogP contribution in [0.2, 0.25) is 0 Å². The number of hydrogen-bond acceptors (Lipinski definition) is 3. The molecule has 0 N–H and O–H groups in total. The lowest BCUT2D eigenvalue weighted by atomic mass is 10.2. The Morgan fingerprint density at radius 3 is 2.65 bits per heavy atom. The number of likely N-dealkylation sites (N-methyl/N-ethyl adjacent to an activating group) is 1. The zero-order valence-electron chi connectivity index (χ0n) is 14.8. The molecule has 1 aliphatic rings. The van der Waals surface area contributed by atoms with Crippen LogP contribution in [0.4, 0.5) is 5.69 Å². The van der Waals surface area contributed by atoms with Crippen LogP contribution in [-0.2, 0) is 4.79 Å². The van der Waals surface area contributed by atoms with Gasteiger partial charge in [-0.15, -0.1) is 0 Å². The fraction of sp³-hybridized carbons (Fsp3) is 0.250. The third-order valence-electron chi connectivity index (χ3n) is 4.95. The summed E-state index contributed by atoms with van der Waals surface area (Å²) in [6.45, 7) is 2.57. The van der Waals surface area contributed by atoms with E-state index < -0.39 is 6.04 Å². The average molecular weight is 348 g/mol. The summed E-state index contributed by atoms with van der Waals surface area (Å²) in [7, 11) is 1.68. The Bertz CT molecular complexity index is 980. The number of aromatic nitrogens is 2. The van der Waals surface area contributed by atoms with Crippen molar-refractivity contribution in [3.8, 4) is 0 Å². The predicted molar refractivity (Wildman–Crippen MR) is 99.2 cm³/mol. The first-order valence-electron chi connectivity index (χ1n) is 8.64. The van der Waals surface area contributed by atoms with Crippen molar-refractivity contribution in [3.05, 3.63) is 66.1 Å². The van der Waals surface area contributed by atoms with Gasteiger partial charge in [-0.2, -0.15) is 0 Å². The highest BCUT2D eigenvalue weighted by atomic mass is 16.2. The summed E-state index contributed by atoms with van der Waals surface area (Å²) in [5.41, 5.74) is 2.95. The molecule has 1 fully saturated rings. The van der Waals surface area contributed by atoms with Gasteiger partial charge in [-0.1, -0.05) is 24.3 Å². The molecule has 3 heterocycles. The Balaban J connectivity index is 1.57. The van der Waals surface area contributed by atoms with Crippen molar-refractivity contribution in [2.24, 2.45) is 0 Å². The fourth-order valence-electron chi connectivity index (χ4n) is 3.46. The third kappa shape index (κ3) is 2.63. The molecule has 0 radical (unpaired) electrons. The zero-order chi connectivity index (χ0) is 18.3. The fourth-order valence-corrected chi connectivity index (χ4v) is 3.46. The second kappa shape index (κ2) is 6.29. The van der Waals surface area contributed by atoms with Crippen LogP contribution >= 0.6 is 0 Å². The number of nitrogens with zero attached hydrogens (tertiary/aromatic N) is 4. The number of fused-ring (bicyclic) bond motifs is 1. The molecule has 0 saturated carbocycles. The Morgan fingerprint density at radius 1 is 1.15 bits per heavy atom. The number of aryl methyl sites for hydroxylation is 1. The first kappa shape index (κ1) is 16.3. The van der Waals surface area contributed by atoms with E-state index in [9.17, 15) is 9.59 Å². The zero-order valence-corrected chi connectivity index (χ0v) is 14.8. The van der Waals surface area contributed by atoms with Gasteiger partial charge in [0.05, 0.1) is 0 Å². The maximum Gasteiger partial charge on any atom is 0.274 e. The normalized spacial score (nSPS) is 17.1. The Hall–Kier alpha value is -3.15. The number of pyridine rings is 1. The summed E-state index contributed by atoms with van der Waals surface area (Å²) >= 11 is 0. The first-order valence-corrected chi connectivity index (χ1v) is 8.64. The second-order valence-electron chi connectivity index (χ2n) is 6.57. The van der Waals surface area contributed by atoms with Gasteiger partial charge >= 0.3 is 0 Å². The van der Waals surface area contributed by atoms with Gasteiger partial charge in [-0.25, -0.2) is 4.98 Å². The van der Waals surface area contributed by atoms with Crippen LogP contribution in [0, 0.1) is 6.92 Å². The number of carbonyl (C=O) groups is 2. The summed E-state index contributed by atoms with van der Waals surface area (Å²) in [4.78, 5) is 33.4. The van der Waals surface area contributed by atoms with Crippen molar-refractivity contribution < 1.29 is 9.59 Å². The topological polar surface area (TPSA) is 57.9 Å². The molecule has 1 aromatic carbocycles. The van der Waals surface area contributed by atoms with Crippen LogP contribution in [-0.4, -0.2) is 45.7 Å². The standard InChI is InChI=1S/C20H20N4O2/c1-14-7-6-10-18-21-16(13-24(14)18)19(25)22(2)17-11-12-23(20(17)26)15-8-4-3-5-9-15/h3-10,13,17H,11-12H2,1-2H3/t17-/m0/s1. The van der Waals surface area contributed by atoms with Crippen LogP contribution in [0.3, 0.4) is 0 Å². The van der Waals surface area contributed by atoms with Crippen LogP contribution in [0.25, 0.3) is 5.65 Å². The van der Waals surface area contributed by atoms with Crippen molar-refractivity contribution in [3.63, 3.8) is 0 Å². The summed E-state index contributed by atoms with van der Waals surface area (Å²) in [5, 5.41) is 0. The van der Waals surface area contributed by atoms with E-state index in [1.807, 2.05) is 59.9 Å². The smallest absolute Gasteiger partial charge is 0.274 e. The van der Waals surface area contributed by atoms with E-state index in [0.717, 1.165) is 17.0 Å². The molecule has 132 valence electrons. The molecule has 6 heteroatoms. The maximum absolute atomic E-state index is 12.9. The van der Waals surface area contributed by atoms with Crippen molar-refractivity contribution in [1.29, 1.82) is 0 Å². The highest BCUT2D eigenvalue weighted by molar-refractivity contribution is 6.03. The molecule has 6 nitrogen and oxygen atoms in total. The third-order valence-corrected chi connectivity index (χ3v) is 4.95. The molecule has 2 aromatic heterocycles. The Morgan fingerprint density at radius 2 is 1.92 bits per heavy atom. The van der Waals surface area contributed by atoms with Crippen molar-refractivity contribution >= 4 is 23.1 Å². The highest BCUT2D eigenvalue weighted by Crippen LogP contribution is 2.24. The molecule has 0 unspecified atom stereocenters. The number of imidazole rings is 1. The summed E-state index contributed by atoms with van der Waals surface area (Å²) in [6, 6.07) is 14.8. The van der Waals surface area contributed by atoms with Gasteiger partial charge in [0.1, 0.15) is 17.4 Å². The van der Waals surface area contributed by atoms with Gasteiger partial charge in [0.15, 0.2) is 0 Å². The van der Waals surface area contributed by atoms with Gasteiger partial charge in [-0.05, 0) is 37.6 Å². The van der Waals surface area contributed by atoms with E-state index in [1.165, 1.54) is 4.90 Å². The molecule has 0 aliphatic carbocycles. The van der Waals surface area contributed by atoms with Crippen molar-refractivity contribution in [1.82, 2.24) is 14.3 Å². The molecule has 4 rings (SSSR count). The minimum atomic E-state index is -0.464. The van der Waals surface area contributed by atoms with Gasteiger partial charge in [0.25, 0.3) is 5.91 Å². The first-order chi connectivity index (χ1) is 12.6. The molecule has 3 aromatic rings. The summed E-state index contributed by atoms with van der Waals surface area (Å²) in [5.74, 6) is -0.284. The van der Waals surface area contributed by atoms with E-state index in [4.69, 9.17) is 0 Å². The number of para-hydroxylation sites is 1. The number of rotatable bonds is 3. The molecule has 1 saturated heterocycles. The lowest BCUT2D eigenvalue weighted by Gasteiger charge is -2.23. The molecular weight excluding hydrogens is 328 g/mol. The molecule has 1 atom stereocenters. The van der Waals surface area contributed by atoms with E-state index in [2.05, 4.69) is 4.98 Å². The predicted octanol–water partition coefficient (Wildman–Crippen LogP) is 2.52. The van der Waals surface area contributed by atoms with Gasteiger partial charge in [0.2, 0.25) is 5.91 Å².